The van der Waals surface area contributed by atoms with E-state index in [1.165, 1.54) is 70.6 Å². The molecule has 286 valence electrons. The van der Waals surface area contributed by atoms with Gasteiger partial charge in [-0.25, -0.2) is 0 Å². The summed E-state index contributed by atoms with van der Waals surface area (Å²) in [5.41, 5.74) is -0.157. The van der Waals surface area contributed by atoms with Crippen LogP contribution in [0.5, 0.6) is 0 Å². The molecule has 0 bridgehead atoms. The largest absolute Gasteiger partial charge is 0.393 e. The molecule has 5 heteroatoms. The lowest BCUT2D eigenvalue weighted by molar-refractivity contribution is -0.127. The molecular weight excluding hydrogens is 623 g/mol. The Morgan fingerprint density at radius 3 is 1.49 bits per heavy atom. The highest BCUT2D eigenvalue weighted by molar-refractivity contribution is 7.35. The van der Waals surface area contributed by atoms with Crippen molar-refractivity contribution in [2.24, 2.45) is 81.8 Å². The molecule has 3 N–H and O–H groups in total. The smallest absolute Gasteiger partial charge is 0.133 e. The number of Topliss-reactive ketones (excluding diaryl/α,β-unsaturated/α-hetero) is 1. The summed E-state index contributed by atoms with van der Waals surface area (Å²) in [4.78, 5) is 12.1. The second kappa shape index (κ2) is 15.4. The summed E-state index contributed by atoms with van der Waals surface area (Å²) in [7, 11) is 1.08. The number of carbonyl (C=O) groups excluding carboxylic acids is 1. The van der Waals surface area contributed by atoms with Gasteiger partial charge >= 0.3 is 0 Å². The molecule has 8 aliphatic carbocycles. The van der Waals surface area contributed by atoms with Gasteiger partial charge in [0.2, 0.25) is 0 Å². The maximum absolute atomic E-state index is 12.1. The normalized spacial score (nSPS) is 52.4. The monoisotopic (exact) mass is 705 g/mol. The standard InChI is InChI=1S/C20H34O2.C20H32O2.C2H7P.2CH4/c2*1-12(21)17-6-7-18-15-5-4-13-10-19(2,22)11-16(13)14(15)8-9-20(17,18)3;1-3-2;;/h12-18,21-22H,4-11H2,1-3H3;13-18,22H,4-11H2,1-3H3;3H,1-2H3;2*1H4/t12?,13-,14+,15-,16+,17-,18+,19+,20-;13-,14+,15-,16+,17-,18+,19+,20-;;;/m11.../s1. The first-order valence-electron chi connectivity index (χ1n) is 20.3. The van der Waals surface area contributed by atoms with Gasteiger partial charge in [0.15, 0.2) is 0 Å². The van der Waals surface area contributed by atoms with Gasteiger partial charge in [-0.1, -0.05) is 28.7 Å². The van der Waals surface area contributed by atoms with Crippen molar-refractivity contribution in [3.63, 3.8) is 0 Å². The fourth-order valence-corrected chi connectivity index (χ4v) is 15.4. The Hall–Kier alpha value is -0.0200. The number of rotatable bonds is 2. The molecule has 8 aliphatic rings. The van der Waals surface area contributed by atoms with Crippen molar-refractivity contribution in [1.29, 1.82) is 0 Å². The van der Waals surface area contributed by atoms with Crippen molar-refractivity contribution in [1.82, 2.24) is 0 Å². The molecule has 49 heavy (non-hydrogen) atoms. The third-order valence-electron chi connectivity index (χ3n) is 16.9. The molecule has 0 radical (unpaired) electrons. The second-order valence-corrected chi connectivity index (χ2v) is 20.9. The van der Waals surface area contributed by atoms with Gasteiger partial charge < -0.3 is 15.3 Å². The van der Waals surface area contributed by atoms with E-state index in [2.05, 4.69) is 41.0 Å². The van der Waals surface area contributed by atoms with Gasteiger partial charge in [-0.3, -0.25) is 4.79 Å². The van der Waals surface area contributed by atoms with Gasteiger partial charge in [0, 0.05) is 5.92 Å². The molecule has 8 rings (SSSR count). The van der Waals surface area contributed by atoms with Crippen LogP contribution in [0.15, 0.2) is 0 Å². The first kappa shape index (κ1) is 41.7. The maximum Gasteiger partial charge on any atom is 0.133 e. The second-order valence-electron chi connectivity index (χ2n) is 19.9. The highest BCUT2D eigenvalue weighted by atomic mass is 31.1. The Kier molecular flexibility index (Phi) is 13.1. The number of aliphatic hydroxyl groups is 3. The van der Waals surface area contributed by atoms with Crippen LogP contribution in [0.2, 0.25) is 0 Å². The van der Waals surface area contributed by atoms with E-state index in [1.807, 2.05) is 13.8 Å². The molecule has 17 atom stereocenters. The molecule has 0 aromatic rings. The lowest BCUT2D eigenvalue weighted by Gasteiger charge is -2.54. The predicted molar refractivity (Wildman–Crippen MR) is 209 cm³/mol. The van der Waals surface area contributed by atoms with Crippen LogP contribution in [-0.2, 0) is 4.79 Å². The summed E-state index contributed by atoms with van der Waals surface area (Å²) in [6.07, 6.45) is 19.6. The molecule has 4 nitrogen and oxygen atoms in total. The van der Waals surface area contributed by atoms with E-state index >= 15 is 0 Å². The summed E-state index contributed by atoms with van der Waals surface area (Å²) in [5.74, 6) is 9.36. The first-order valence-corrected chi connectivity index (χ1v) is 22.3. The van der Waals surface area contributed by atoms with Gasteiger partial charge in [-0.2, -0.15) is 0 Å². The van der Waals surface area contributed by atoms with Gasteiger partial charge in [-0.05, 0) is 220 Å². The first-order chi connectivity index (χ1) is 22.0. The lowest BCUT2D eigenvalue weighted by Crippen LogP contribution is -2.47. The van der Waals surface area contributed by atoms with Crippen LogP contribution in [0.25, 0.3) is 0 Å². The van der Waals surface area contributed by atoms with Crippen LogP contribution in [0, 0.1) is 81.8 Å². The minimum atomic E-state index is -0.414. The average molecular weight is 705 g/mol. The topological polar surface area (TPSA) is 77.8 Å². The predicted octanol–water partition coefficient (Wildman–Crippen LogP) is 10.4. The zero-order chi connectivity index (χ0) is 34.1. The summed E-state index contributed by atoms with van der Waals surface area (Å²) in [6.45, 7) is 17.1. The lowest BCUT2D eigenvalue weighted by atomic mass is 9.51. The number of hydrogen-bond acceptors (Lipinski definition) is 4. The Morgan fingerprint density at radius 2 is 1.04 bits per heavy atom. The number of carbonyl (C=O) groups is 1. The van der Waals surface area contributed by atoms with Crippen molar-refractivity contribution in [2.45, 2.75) is 176 Å². The van der Waals surface area contributed by atoms with Crippen molar-refractivity contribution in [2.75, 3.05) is 13.3 Å². The molecular formula is C44H81O4P. The van der Waals surface area contributed by atoms with E-state index in [1.54, 1.807) is 0 Å². The van der Waals surface area contributed by atoms with E-state index < -0.39 is 11.2 Å². The Labute approximate surface area is 305 Å². The number of ketones is 1. The van der Waals surface area contributed by atoms with E-state index in [4.69, 9.17) is 0 Å². The molecule has 0 heterocycles. The van der Waals surface area contributed by atoms with Crippen molar-refractivity contribution in [3.8, 4) is 0 Å². The third kappa shape index (κ3) is 7.54. The van der Waals surface area contributed by atoms with Crippen LogP contribution in [0.1, 0.15) is 159 Å². The highest BCUT2D eigenvalue weighted by Gasteiger charge is 2.61. The number of fused-ring (bicyclic) bond motifs is 10. The van der Waals surface area contributed by atoms with Crippen LogP contribution >= 0.6 is 8.58 Å². The Bertz CT molecular complexity index is 1120. The summed E-state index contributed by atoms with van der Waals surface area (Å²) >= 11 is 0. The summed E-state index contributed by atoms with van der Waals surface area (Å²) < 4.78 is 0. The average Bonchev–Trinajstić information content (AvgIpc) is 3.70. The summed E-state index contributed by atoms with van der Waals surface area (Å²) in [6, 6.07) is 0. The van der Waals surface area contributed by atoms with Crippen molar-refractivity contribution >= 4 is 14.4 Å². The van der Waals surface area contributed by atoms with Crippen LogP contribution in [-0.4, -0.2) is 51.7 Å². The fourth-order valence-electron chi connectivity index (χ4n) is 15.4. The van der Waals surface area contributed by atoms with Gasteiger partial charge in [-0.15, -0.1) is 8.58 Å². The quantitative estimate of drug-likeness (QED) is 0.250. The molecule has 0 aliphatic heterocycles. The van der Waals surface area contributed by atoms with Crippen LogP contribution in [0.4, 0.5) is 0 Å². The van der Waals surface area contributed by atoms with Gasteiger partial charge in [0.1, 0.15) is 5.78 Å². The molecule has 8 fully saturated rings. The molecule has 0 aromatic carbocycles. The number of hydrogen-bond donors (Lipinski definition) is 3. The van der Waals surface area contributed by atoms with Gasteiger partial charge in [0.25, 0.3) is 0 Å². The Morgan fingerprint density at radius 1 is 0.612 bits per heavy atom. The molecule has 0 amide bonds. The molecule has 1 unspecified atom stereocenters. The number of aliphatic hydroxyl groups excluding tert-OH is 1. The van der Waals surface area contributed by atoms with Gasteiger partial charge in [0.05, 0.1) is 17.3 Å². The van der Waals surface area contributed by atoms with Crippen LogP contribution in [0.3, 0.4) is 0 Å². The Balaban J connectivity index is 0.000000197. The minimum absolute atomic E-state index is 0. The fraction of sp³-hybridized carbons (Fsp3) is 0.977. The molecule has 8 saturated carbocycles. The molecule has 0 aromatic heterocycles. The van der Waals surface area contributed by atoms with E-state index in [0.29, 0.717) is 23.0 Å². The molecule has 0 spiro atoms. The zero-order valence-corrected chi connectivity index (χ0v) is 32.6. The zero-order valence-electron chi connectivity index (χ0n) is 31.6. The van der Waals surface area contributed by atoms with E-state index in [-0.39, 0.29) is 26.4 Å². The maximum atomic E-state index is 12.1. The van der Waals surface area contributed by atoms with Crippen molar-refractivity contribution < 1.29 is 20.1 Å². The summed E-state index contributed by atoms with van der Waals surface area (Å²) in [5, 5.41) is 31.3. The third-order valence-corrected chi connectivity index (χ3v) is 16.9. The van der Waals surface area contributed by atoms with E-state index in [9.17, 15) is 20.1 Å². The van der Waals surface area contributed by atoms with Crippen LogP contribution < -0.4 is 0 Å². The van der Waals surface area contributed by atoms with E-state index in [0.717, 1.165) is 99.9 Å². The molecule has 0 saturated heterocycles. The minimum Gasteiger partial charge on any atom is -0.393 e. The SMILES string of the molecule is C.C.CC(=O)[C@H]1CC[C@H]2[C@@H]3CC[C@@H]4C[C@](C)(O)C[C@@H]4[C@H]3CC[C@]12C.CC(O)[C@H]1CC[C@H]2[C@@H]3CC[C@@H]4C[C@](C)(O)C[C@@H]4[C@H]3CC[C@]12C.CPC. The van der Waals surface area contributed by atoms with Crippen molar-refractivity contribution in [3.05, 3.63) is 0 Å². The highest BCUT2D eigenvalue weighted by Crippen LogP contribution is 2.67.